The predicted molar refractivity (Wildman–Crippen MR) is 77.8 cm³/mol. The molecule has 1 heterocycles. The molecule has 0 fully saturated rings. The van der Waals surface area contributed by atoms with Crippen molar-refractivity contribution in [3.8, 4) is 6.07 Å². The molecule has 18 heavy (non-hydrogen) atoms. The number of thiophene rings is 1. The summed E-state index contributed by atoms with van der Waals surface area (Å²) in [5.41, 5.74) is 8.18. The summed E-state index contributed by atoms with van der Waals surface area (Å²) in [6.45, 7) is 11.4. The number of nitriles is 1. The second-order valence-electron chi connectivity index (χ2n) is 6.15. The molecule has 1 aliphatic rings. The first kappa shape index (κ1) is 13.4. The first-order valence-corrected chi connectivity index (χ1v) is 7.50. The van der Waals surface area contributed by atoms with Gasteiger partial charge in [0.1, 0.15) is 11.1 Å². The summed E-state index contributed by atoms with van der Waals surface area (Å²) in [7, 11) is 0. The van der Waals surface area contributed by atoms with Crippen LogP contribution in [0.15, 0.2) is 0 Å². The van der Waals surface area contributed by atoms with Gasteiger partial charge in [0.2, 0.25) is 0 Å². The van der Waals surface area contributed by atoms with E-state index in [1.165, 1.54) is 10.4 Å². The molecule has 0 bridgehead atoms. The average molecular weight is 262 g/mol. The van der Waals surface area contributed by atoms with Gasteiger partial charge in [0, 0.05) is 10.3 Å². The van der Waals surface area contributed by atoms with E-state index in [0.29, 0.717) is 22.8 Å². The maximum absolute atomic E-state index is 9.43. The predicted octanol–water partition coefficient (Wildman–Crippen LogP) is 4.26. The van der Waals surface area contributed by atoms with Crippen LogP contribution < -0.4 is 5.73 Å². The quantitative estimate of drug-likeness (QED) is 0.865. The zero-order valence-electron chi connectivity index (χ0n) is 11.9. The van der Waals surface area contributed by atoms with Crippen molar-refractivity contribution >= 4 is 16.3 Å². The van der Waals surface area contributed by atoms with Crippen molar-refractivity contribution < 1.29 is 0 Å². The molecule has 1 aliphatic carbocycles. The highest BCUT2D eigenvalue weighted by Gasteiger charge is 2.49. The van der Waals surface area contributed by atoms with Crippen LogP contribution in [0.5, 0.6) is 0 Å². The topological polar surface area (TPSA) is 49.8 Å². The van der Waals surface area contributed by atoms with Crippen molar-refractivity contribution in [2.24, 2.45) is 11.8 Å². The monoisotopic (exact) mass is 262 g/mol. The Morgan fingerprint density at radius 2 is 1.89 bits per heavy atom. The van der Waals surface area contributed by atoms with Gasteiger partial charge in [0.25, 0.3) is 0 Å². The lowest BCUT2D eigenvalue weighted by Crippen LogP contribution is -2.36. The molecule has 1 aromatic heterocycles. The molecule has 2 N–H and O–H groups in total. The number of nitrogens with two attached hydrogens (primary N) is 1. The summed E-state index contributed by atoms with van der Waals surface area (Å²) < 4.78 is 0. The molecule has 1 atom stereocenters. The van der Waals surface area contributed by atoms with E-state index >= 15 is 0 Å². The second kappa shape index (κ2) is 4.28. The summed E-state index contributed by atoms with van der Waals surface area (Å²) >= 11 is 1.63. The van der Waals surface area contributed by atoms with Crippen LogP contribution in [0.3, 0.4) is 0 Å². The molecule has 0 saturated heterocycles. The van der Waals surface area contributed by atoms with Crippen LogP contribution >= 0.6 is 11.3 Å². The van der Waals surface area contributed by atoms with E-state index in [0.717, 1.165) is 12.0 Å². The Balaban J connectivity index is 2.75. The van der Waals surface area contributed by atoms with Crippen LogP contribution in [0.2, 0.25) is 0 Å². The van der Waals surface area contributed by atoms with Crippen LogP contribution in [0.25, 0.3) is 0 Å². The minimum Gasteiger partial charge on any atom is -0.389 e. The molecule has 0 aliphatic heterocycles. The average Bonchev–Trinajstić information content (AvgIpc) is 2.74. The molecular formula is C15H22N2S. The molecule has 0 radical (unpaired) electrons. The highest BCUT2D eigenvalue weighted by Crippen LogP contribution is 2.58. The summed E-state index contributed by atoms with van der Waals surface area (Å²) in [4.78, 5) is 1.35. The van der Waals surface area contributed by atoms with Crippen LogP contribution in [0.1, 0.15) is 63.0 Å². The number of nitrogen functional groups attached to an aromatic ring is 1. The Bertz CT molecular complexity index is 497. The minimum atomic E-state index is 0.119. The van der Waals surface area contributed by atoms with Gasteiger partial charge in [-0.25, -0.2) is 0 Å². The van der Waals surface area contributed by atoms with E-state index in [1.807, 2.05) is 0 Å². The SMILES string of the molecule is CC1CC(C(C)C)(C(C)C)c2c1sc(N)c2C#N. The van der Waals surface area contributed by atoms with E-state index in [4.69, 9.17) is 5.73 Å². The first-order valence-electron chi connectivity index (χ1n) is 6.69. The third-order valence-electron chi connectivity index (χ3n) is 4.69. The molecule has 3 heteroatoms. The van der Waals surface area contributed by atoms with Gasteiger partial charge >= 0.3 is 0 Å². The maximum Gasteiger partial charge on any atom is 0.104 e. The molecule has 98 valence electrons. The minimum absolute atomic E-state index is 0.119. The van der Waals surface area contributed by atoms with Crippen LogP contribution in [0, 0.1) is 23.2 Å². The standard InChI is InChI=1S/C15H22N2S/c1-8(2)15(9(3)4)6-10(5)13-12(15)11(7-16)14(17)18-13/h8-10H,6,17H2,1-5H3. The largest absolute Gasteiger partial charge is 0.389 e. The Labute approximate surface area is 114 Å². The third kappa shape index (κ3) is 1.52. The van der Waals surface area contributed by atoms with Crippen LogP contribution in [0.4, 0.5) is 5.00 Å². The van der Waals surface area contributed by atoms with Crippen molar-refractivity contribution in [2.75, 3.05) is 5.73 Å². The van der Waals surface area contributed by atoms with E-state index in [2.05, 4.69) is 40.7 Å². The molecule has 2 nitrogen and oxygen atoms in total. The second-order valence-corrected chi connectivity index (χ2v) is 7.23. The highest BCUT2D eigenvalue weighted by atomic mass is 32.1. The fraction of sp³-hybridized carbons (Fsp3) is 0.667. The Hall–Kier alpha value is -1.01. The lowest BCUT2D eigenvalue weighted by molar-refractivity contribution is 0.210. The third-order valence-corrected chi connectivity index (χ3v) is 5.94. The van der Waals surface area contributed by atoms with Gasteiger partial charge < -0.3 is 5.73 Å². The summed E-state index contributed by atoms with van der Waals surface area (Å²) in [5, 5.41) is 10.1. The van der Waals surface area contributed by atoms with Gasteiger partial charge in [-0.1, -0.05) is 34.6 Å². The van der Waals surface area contributed by atoms with E-state index in [9.17, 15) is 5.26 Å². The fourth-order valence-corrected chi connectivity index (χ4v) is 4.97. The summed E-state index contributed by atoms with van der Waals surface area (Å²) in [6, 6.07) is 2.35. The first-order chi connectivity index (χ1) is 8.36. The van der Waals surface area contributed by atoms with Crippen molar-refractivity contribution in [1.29, 1.82) is 5.26 Å². The summed E-state index contributed by atoms with van der Waals surface area (Å²) in [6.07, 6.45) is 1.15. The molecule has 0 saturated carbocycles. The van der Waals surface area contributed by atoms with Gasteiger partial charge in [-0.3, -0.25) is 0 Å². The molecule has 2 rings (SSSR count). The molecule has 1 aromatic rings. The Morgan fingerprint density at radius 1 is 1.33 bits per heavy atom. The lowest BCUT2D eigenvalue weighted by Gasteiger charge is -2.39. The van der Waals surface area contributed by atoms with Crippen molar-refractivity contribution in [3.63, 3.8) is 0 Å². The van der Waals surface area contributed by atoms with Gasteiger partial charge in [-0.15, -0.1) is 11.3 Å². The van der Waals surface area contributed by atoms with E-state index < -0.39 is 0 Å². The van der Waals surface area contributed by atoms with Gasteiger partial charge in [0.15, 0.2) is 0 Å². The zero-order chi connectivity index (χ0) is 13.7. The van der Waals surface area contributed by atoms with E-state index in [-0.39, 0.29) is 5.41 Å². The van der Waals surface area contributed by atoms with Crippen LogP contribution in [-0.4, -0.2) is 0 Å². The van der Waals surface area contributed by atoms with Crippen molar-refractivity contribution in [1.82, 2.24) is 0 Å². The number of anilines is 1. The number of rotatable bonds is 2. The normalized spacial score (nSPS) is 21.3. The molecule has 0 spiro atoms. The number of fused-ring (bicyclic) bond motifs is 1. The highest BCUT2D eigenvalue weighted by molar-refractivity contribution is 7.16. The van der Waals surface area contributed by atoms with Gasteiger partial charge in [-0.2, -0.15) is 5.26 Å². The molecule has 0 amide bonds. The Kier molecular flexibility index (Phi) is 3.19. The number of hydrogen-bond acceptors (Lipinski definition) is 3. The number of nitrogens with zero attached hydrogens (tertiary/aromatic N) is 1. The summed E-state index contributed by atoms with van der Waals surface area (Å²) in [5.74, 6) is 1.59. The Morgan fingerprint density at radius 3 is 2.33 bits per heavy atom. The van der Waals surface area contributed by atoms with Crippen LogP contribution in [-0.2, 0) is 5.41 Å². The lowest BCUT2D eigenvalue weighted by atomic mass is 9.64. The molecule has 1 unspecified atom stereocenters. The molecular weight excluding hydrogens is 240 g/mol. The fourth-order valence-electron chi connectivity index (χ4n) is 3.80. The van der Waals surface area contributed by atoms with Crippen molar-refractivity contribution in [2.45, 2.75) is 52.4 Å². The van der Waals surface area contributed by atoms with E-state index in [1.54, 1.807) is 11.3 Å². The van der Waals surface area contributed by atoms with Crippen molar-refractivity contribution in [3.05, 3.63) is 16.0 Å². The smallest absolute Gasteiger partial charge is 0.104 e. The maximum atomic E-state index is 9.43. The number of hydrogen-bond donors (Lipinski definition) is 1. The van der Waals surface area contributed by atoms with Gasteiger partial charge in [0.05, 0.1) is 5.56 Å². The zero-order valence-corrected chi connectivity index (χ0v) is 12.7. The van der Waals surface area contributed by atoms with Gasteiger partial charge in [-0.05, 0) is 29.7 Å². The molecule has 0 aromatic carbocycles.